The second kappa shape index (κ2) is 13.2. The fraction of sp³-hybridized carbons (Fsp3) is 0.952. The summed E-state index contributed by atoms with van der Waals surface area (Å²) in [4.78, 5) is 9.73. The van der Waals surface area contributed by atoms with Crippen molar-refractivity contribution in [2.24, 2.45) is 10.9 Å². The van der Waals surface area contributed by atoms with Gasteiger partial charge in [0, 0.05) is 51.9 Å². The molecular weight excluding hydrogens is 465 g/mol. The van der Waals surface area contributed by atoms with E-state index in [0.29, 0.717) is 12.0 Å². The third-order valence-corrected chi connectivity index (χ3v) is 6.40. The Morgan fingerprint density at radius 3 is 2.54 bits per heavy atom. The molecule has 0 aromatic heterocycles. The Hall–Kier alpha value is -0.120. The minimum Gasteiger partial charge on any atom is -0.379 e. The number of nitrogens with one attached hydrogen (secondary N) is 2. The third kappa shape index (κ3) is 7.95. The summed E-state index contributed by atoms with van der Waals surface area (Å²) in [5.74, 6) is 1.58. The average Bonchev–Trinajstić information content (AvgIpc) is 2.72. The number of ether oxygens (including phenoxy) is 1. The van der Waals surface area contributed by atoms with Crippen molar-refractivity contribution in [1.29, 1.82) is 0 Å². The molecule has 0 aromatic carbocycles. The Kier molecular flexibility index (Phi) is 11.4. The molecular formula is C21H42IN5O. The van der Waals surface area contributed by atoms with Crippen molar-refractivity contribution in [3.63, 3.8) is 0 Å². The van der Waals surface area contributed by atoms with E-state index < -0.39 is 0 Å². The first kappa shape index (κ1) is 24.2. The molecule has 3 aliphatic rings. The molecule has 28 heavy (non-hydrogen) atoms. The Labute approximate surface area is 189 Å². The molecule has 2 heterocycles. The zero-order valence-electron chi connectivity index (χ0n) is 18.0. The monoisotopic (exact) mass is 507 g/mol. The number of hydrogen-bond donors (Lipinski definition) is 2. The van der Waals surface area contributed by atoms with Crippen molar-refractivity contribution in [2.45, 2.75) is 64.0 Å². The molecule has 0 radical (unpaired) electrons. The maximum Gasteiger partial charge on any atom is 0.191 e. The van der Waals surface area contributed by atoms with Crippen molar-refractivity contribution < 1.29 is 4.74 Å². The largest absolute Gasteiger partial charge is 0.379 e. The Morgan fingerprint density at radius 1 is 1.07 bits per heavy atom. The fourth-order valence-electron chi connectivity index (χ4n) is 4.85. The highest BCUT2D eigenvalue weighted by Gasteiger charge is 2.27. The van der Waals surface area contributed by atoms with Gasteiger partial charge in [0.25, 0.3) is 0 Å². The summed E-state index contributed by atoms with van der Waals surface area (Å²) in [6.45, 7) is 10.8. The molecule has 0 spiro atoms. The second-order valence-electron chi connectivity index (χ2n) is 8.74. The third-order valence-electron chi connectivity index (χ3n) is 6.40. The quantitative estimate of drug-likeness (QED) is 0.329. The number of hydrogen-bond acceptors (Lipinski definition) is 4. The van der Waals surface area contributed by atoms with Crippen molar-refractivity contribution in [2.75, 3.05) is 59.5 Å². The van der Waals surface area contributed by atoms with Crippen LogP contribution in [0, 0.1) is 5.92 Å². The van der Waals surface area contributed by atoms with Crippen molar-refractivity contribution in [3.8, 4) is 0 Å². The van der Waals surface area contributed by atoms with E-state index in [-0.39, 0.29) is 24.0 Å². The van der Waals surface area contributed by atoms with Crippen LogP contribution in [0.1, 0.15) is 51.9 Å². The fourth-order valence-corrected chi connectivity index (χ4v) is 4.85. The number of nitrogens with zero attached hydrogens (tertiary/aromatic N) is 3. The zero-order valence-corrected chi connectivity index (χ0v) is 20.3. The van der Waals surface area contributed by atoms with Gasteiger partial charge >= 0.3 is 0 Å². The molecule has 0 aromatic rings. The van der Waals surface area contributed by atoms with Gasteiger partial charge in [-0.25, -0.2) is 0 Å². The lowest BCUT2D eigenvalue weighted by Gasteiger charge is -2.40. The van der Waals surface area contributed by atoms with Gasteiger partial charge in [0.1, 0.15) is 0 Å². The summed E-state index contributed by atoms with van der Waals surface area (Å²) in [6, 6.07) is 1.35. The zero-order chi connectivity index (χ0) is 18.9. The summed E-state index contributed by atoms with van der Waals surface area (Å²) >= 11 is 0. The van der Waals surface area contributed by atoms with E-state index >= 15 is 0 Å². The van der Waals surface area contributed by atoms with Crippen LogP contribution in [0.3, 0.4) is 0 Å². The molecule has 0 amide bonds. The van der Waals surface area contributed by atoms with Crippen LogP contribution in [0.5, 0.6) is 0 Å². The number of likely N-dealkylation sites (tertiary alicyclic amines) is 1. The number of halogens is 1. The van der Waals surface area contributed by atoms with Gasteiger partial charge in [0.2, 0.25) is 0 Å². The highest BCUT2D eigenvalue weighted by molar-refractivity contribution is 14.0. The van der Waals surface area contributed by atoms with Crippen LogP contribution in [0.15, 0.2) is 4.99 Å². The Morgan fingerprint density at radius 2 is 1.82 bits per heavy atom. The van der Waals surface area contributed by atoms with E-state index in [0.717, 1.165) is 51.4 Å². The molecule has 3 rings (SSSR count). The number of rotatable bonds is 6. The molecule has 164 valence electrons. The molecule has 2 aliphatic heterocycles. The lowest BCUT2D eigenvalue weighted by molar-refractivity contribution is 0.0320. The summed E-state index contributed by atoms with van der Waals surface area (Å²) < 4.78 is 5.44. The van der Waals surface area contributed by atoms with E-state index in [1.54, 1.807) is 0 Å². The van der Waals surface area contributed by atoms with Crippen LogP contribution >= 0.6 is 24.0 Å². The van der Waals surface area contributed by atoms with E-state index in [1.807, 2.05) is 7.05 Å². The van der Waals surface area contributed by atoms with Crippen LogP contribution in [0.4, 0.5) is 0 Å². The summed E-state index contributed by atoms with van der Waals surface area (Å²) in [5, 5.41) is 7.26. The molecule has 2 atom stereocenters. The first-order valence-corrected chi connectivity index (χ1v) is 11.3. The lowest BCUT2D eigenvalue weighted by atomic mass is 9.92. The van der Waals surface area contributed by atoms with Gasteiger partial charge in [-0.1, -0.05) is 26.2 Å². The maximum atomic E-state index is 5.44. The topological polar surface area (TPSA) is 52.1 Å². The Bertz CT molecular complexity index is 452. The van der Waals surface area contributed by atoms with Gasteiger partial charge in [0.15, 0.2) is 5.96 Å². The van der Waals surface area contributed by atoms with Crippen LogP contribution in [-0.4, -0.2) is 87.4 Å². The average molecular weight is 508 g/mol. The van der Waals surface area contributed by atoms with E-state index in [9.17, 15) is 0 Å². The van der Waals surface area contributed by atoms with Gasteiger partial charge in [-0.05, 0) is 38.1 Å². The van der Waals surface area contributed by atoms with Crippen LogP contribution in [0.2, 0.25) is 0 Å². The summed E-state index contributed by atoms with van der Waals surface area (Å²) in [7, 11) is 1.89. The first-order valence-electron chi connectivity index (χ1n) is 11.3. The SMILES string of the molecule is CN=C(NCC(C)CN1CCOCC1)NC1CCCN(C2CCCCC2)C1.I. The molecule has 6 nitrogen and oxygen atoms in total. The molecule has 3 fully saturated rings. The minimum atomic E-state index is 0. The molecule has 0 bridgehead atoms. The summed E-state index contributed by atoms with van der Waals surface area (Å²) in [5.41, 5.74) is 0. The maximum absolute atomic E-state index is 5.44. The van der Waals surface area contributed by atoms with Gasteiger partial charge in [-0.2, -0.15) is 0 Å². The number of aliphatic imine (C=N–C) groups is 1. The normalized spacial score (nSPS) is 27.1. The molecule has 2 unspecified atom stereocenters. The van der Waals surface area contributed by atoms with E-state index in [4.69, 9.17) is 4.74 Å². The second-order valence-corrected chi connectivity index (χ2v) is 8.74. The predicted octanol–water partition coefficient (Wildman–Crippen LogP) is 2.53. The van der Waals surface area contributed by atoms with Crippen molar-refractivity contribution in [3.05, 3.63) is 0 Å². The van der Waals surface area contributed by atoms with E-state index in [2.05, 4.69) is 32.3 Å². The van der Waals surface area contributed by atoms with Gasteiger partial charge in [0.05, 0.1) is 13.2 Å². The number of morpholine rings is 1. The van der Waals surface area contributed by atoms with Gasteiger partial charge in [-0.15, -0.1) is 24.0 Å². The van der Waals surface area contributed by atoms with Gasteiger partial charge in [-0.3, -0.25) is 14.8 Å². The van der Waals surface area contributed by atoms with E-state index in [1.165, 1.54) is 58.0 Å². The van der Waals surface area contributed by atoms with Crippen LogP contribution < -0.4 is 10.6 Å². The molecule has 2 N–H and O–H groups in total. The molecule has 2 saturated heterocycles. The minimum absolute atomic E-state index is 0. The van der Waals surface area contributed by atoms with Crippen molar-refractivity contribution in [1.82, 2.24) is 20.4 Å². The van der Waals surface area contributed by atoms with Crippen LogP contribution in [0.25, 0.3) is 0 Å². The number of piperidine rings is 1. The standard InChI is InChI=1S/C21H41N5O.HI/c1-18(16-25-11-13-27-14-12-25)15-23-21(22-2)24-19-7-6-10-26(17-19)20-8-4-3-5-9-20;/h18-20H,3-17H2,1-2H3,(H2,22,23,24);1H. The van der Waals surface area contributed by atoms with Gasteiger partial charge < -0.3 is 15.4 Å². The first-order chi connectivity index (χ1) is 13.2. The Balaban J connectivity index is 0.00000280. The smallest absolute Gasteiger partial charge is 0.191 e. The lowest BCUT2D eigenvalue weighted by Crippen LogP contribution is -2.54. The highest BCUT2D eigenvalue weighted by atomic mass is 127. The predicted molar refractivity (Wildman–Crippen MR) is 128 cm³/mol. The molecule has 1 saturated carbocycles. The van der Waals surface area contributed by atoms with Crippen LogP contribution in [-0.2, 0) is 4.74 Å². The summed E-state index contributed by atoms with van der Waals surface area (Å²) in [6.07, 6.45) is 9.64. The highest BCUT2D eigenvalue weighted by Crippen LogP contribution is 2.25. The molecule has 1 aliphatic carbocycles. The number of guanidine groups is 1. The molecule has 7 heteroatoms. The van der Waals surface area contributed by atoms with Crippen molar-refractivity contribution >= 4 is 29.9 Å².